The Bertz CT molecular complexity index is 1900. The number of ether oxygens (including phenoxy) is 3. The number of halogens is 5. The third-order valence-electron chi connectivity index (χ3n) is 7.77. The number of carbonyl (C=O) groups excluding carboxylic acids is 2. The van der Waals surface area contributed by atoms with Crippen LogP contribution >= 0.6 is 11.6 Å². The molecule has 0 fully saturated rings. The summed E-state index contributed by atoms with van der Waals surface area (Å²) in [7, 11) is 1.29. The number of methoxy groups -OCH3 is 1. The number of Topliss-reactive ketones (excluding diaryl/α,β-unsaturated/α-hetero) is 1. The summed E-state index contributed by atoms with van der Waals surface area (Å²) in [6.45, 7) is 9.49. The molecule has 262 valence electrons. The largest absolute Gasteiger partial charge is 0.493 e. The number of amides is 1. The molecular weight excluding hydrogens is 682 g/mol. The monoisotopic (exact) mass is 713 g/mol. The van der Waals surface area contributed by atoms with E-state index in [0.29, 0.717) is 5.56 Å². The van der Waals surface area contributed by atoms with Crippen molar-refractivity contribution in [3.8, 4) is 22.8 Å². The van der Waals surface area contributed by atoms with E-state index in [1.54, 1.807) is 30.3 Å². The second-order valence-electron chi connectivity index (χ2n) is 11.6. The van der Waals surface area contributed by atoms with Gasteiger partial charge in [-0.15, -0.1) is 0 Å². The van der Waals surface area contributed by atoms with Crippen molar-refractivity contribution in [1.82, 2.24) is 10.3 Å². The van der Waals surface area contributed by atoms with Gasteiger partial charge < -0.3 is 24.6 Å². The molecular formula is C36H32ClF4N3O6. The Morgan fingerprint density at radius 3 is 2.36 bits per heavy atom. The van der Waals surface area contributed by atoms with Crippen molar-refractivity contribution in [2.24, 2.45) is 0 Å². The average Bonchev–Trinajstić information content (AvgIpc) is 3.09. The lowest BCUT2D eigenvalue weighted by molar-refractivity contribution is -0.270. The molecule has 9 nitrogen and oxygen atoms in total. The maximum absolute atomic E-state index is 14.9. The van der Waals surface area contributed by atoms with Crippen molar-refractivity contribution in [1.29, 1.82) is 0 Å². The lowest BCUT2D eigenvalue weighted by Crippen LogP contribution is -2.45. The number of hydrogen-bond donors (Lipinski definition) is 2. The smallest absolute Gasteiger partial charge is 0.422 e. The molecule has 1 atom stereocenters. The molecule has 2 N–H and O–H groups in total. The fourth-order valence-electron chi connectivity index (χ4n) is 4.91. The first-order valence-corrected chi connectivity index (χ1v) is 15.4. The fraction of sp³-hybridized carbons (Fsp3) is 0.278. The molecule has 4 rings (SSSR count). The van der Waals surface area contributed by atoms with Crippen molar-refractivity contribution in [3.05, 3.63) is 124 Å². The summed E-state index contributed by atoms with van der Waals surface area (Å²) in [4.78, 5) is 33.2. The van der Waals surface area contributed by atoms with E-state index in [1.807, 2.05) is 0 Å². The molecule has 0 aliphatic carbocycles. The summed E-state index contributed by atoms with van der Waals surface area (Å²) in [6.07, 6.45) is -8.13. The Morgan fingerprint density at radius 2 is 1.72 bits per heavy atom. The standard InChI is InChI=1S/C36H32ClF4N3O6/c1-34(2,44-33(46)49-20-22-8-6-5-7-9-22)25-18-28(23-10-12-27(38)26(37)16-23)43-32(19-25)35(47,36(39,40)41)15-14-29(45)24-11-13-30(50-21-42-3)31(17-24)48-4/h5-13,16-19,47H,14-15,20-21H2,1-2,4H3,(H,44,46). The molecule has 0 saturated heterocycles. The quantitative estimate of drug-likeness (QED) is 0.0814. The zero-order chi connectivity index (χ0) is 36.7. The first kappa shape index (κ1) is 37.6. The first-order chi connectivity index (χ1) is 23.6. The number of nitrogens with zero attached hydrogens (tertiary/aromatic N) is 2. The minimum atomic E-state index is -5.34. The molecule has 14 heteroatoms. The Balaban J connectivity index is 1.71. The second kappa shape index (κ2) is 15.6. The zero-order valence-corrected chi connectivity index (χ0v) is 27.9. The molecule has 0 saturated carbocycles. The number of pyridine rings is 1. The molecule has 1 amide bonds. The van der Waals surface area contributed by atoms with Gasteiger partial charge in [0.15, 0.2) is 17.3 Å². The SMILES string of the molecule is [C-]#[N+]COc1ccc(C(=O)CCC(O)(c2cc(C(C)(C)NC(=O)OCc3ccccc3)cc(-c3ccc(F)c(Cl)c3)n2)C(F)(F)F)cc1OC. The number of hydrogen-bond acceptors (Lipinski definition) is 7. The number of benzene rings is 3. The number of alkyl halides is 3. The number of carbonyl (C=O) groups is 2. The molecule has 50 heavy (non-hydrogen) atoms. The Hall–Kier alpha value is -5.19. The molecule has 1 heterocycles. The van der Waals surface area contributed by atoms with Gasteiger partial charge in [0, 0.05) is 17.5 Å². The number of rotatable bonds is 13. The molecule has 1 aromatic heterocycles. The Morgan fingerprint density at radius 1 is 1.00 bits per heavy atom. The minimum absolute atomic E-state index is 0.0239. The molecule has 4 aromatic rings. The average molecular weight is 714 g/mol. The predicted octanol–water partition coefficient (Wildman–Crippen LogP) is 8.38. The Labute approximate surface area is 290 Å². The van der Waals surface area contributed by atoms with E-state index in [9.17, 15) is 32.3 Å². The lowest BCUT2D eigenvalue weighted by atomic mass is 9.86. The van der Waals surface area contributed by atoms with Gasteiger partial charge in [-0.1, -0.05) is 41.9 Å². The van der Waals surface area contributed by atoms with Crippen LogP contribution in [0.3, 0.4) is 0 Å². The Kier molecular flexibility index (Phi) is 11.7. The number of aliphatic hydroxyl groups is 1. The maximum atomic E-state index is 14.9. The molecule has 1 unspecified atom stereocenters. The molecule has 0 spiro atoms. The van der Waals surface area contributed by atoms with Crippen molar-refractivity contribution >= 4 is 23.5 Å². The van der Waals surface area contributed by atoms with Crippen LogP contribution in [0.1, 0.15) is 53.9 Å². The summed E-state index contributed by atoms with van der Waals surface area (Å²) in [6, 6.07) is 18.5. The van der Waals surface area contributed by atoms with Crippen molar-refractivity contribution in [3.63, 3.8) is 0 Å². The van der Waals surface area contributed by atoms with E-state index >= 15 is 0 Å². The molecule has 0 aliphatic rings. The van der Waals surface area contributed by atoms with E-state index in [4.69, 9.17) is 32.4 Å². The van der Waals surface area contributed by atoms with Gasteiger partial charge in [-0.2, -0.15) is 13.2 Å². The third-order valence-corrected chi connectivity index (χ3v) is 8.06. The van der Waals surface area contributed by atoms with Crippen LogP contribution in [0.25, 0.3) is 16.1 Å². The van der Waals surface area contributed by atoms with Gasteiger partial charge in [-0.05, 0) is 79.9 Å². The zero-order valence-electron chi connectivity index (χ0n) is 27.1. The van der Waals surface area contributed by atoms with Crippen LogP contribution in [-0.4, -0.2) is 42.0 Å². The highest BCUT2D eigenvalue weighted by atomic mass is 35.5. The van der Waals surface area contributed by atoms with Gasteiger partial charge in [-0.3, -0.25) is 9.64 Å². The highest BCUT2D eigenvalue weighted by Gasteiger charge is 2.56. The van der Waals surface area contributed by atoms with Gasteiger partial charge in [0.2, 0.25) is 5.60 Å². The van der Waals surface area contributed by atoms with E-state index in [1.165, 1.54) is 51.3 Å². The number of ketones is 1. The maximum Gasteiger partial charge on any atom is 0.422 e. The van der Waals surface area contributed by atoms with Crippen LogP contribution < -0.4 is 14.8 Å². The number of nitrogens with one attached hydrogen (secondary N) is 1. The predicted molar refractivity (Wildman–Crippen MR) is 176 cm³/mol. The van der Waals surface area contributed by atoms with Crippen LogP contribution in [0.5, 0.6) is 11.5 Å². The van der Waals surface area contributed by atoms with Gasteiger partial charge in [-0.25, -0.2) is 20.7 Å². The summed E-state index contributed by atoms with van der Waals surface area (Å²) >= 11 is 5.98. The summed E-state index contributed by atoms with van der Waals surface area (Å²) in [5, 5.41) is 13.7. The van der Waals surface area contributed by atoms with Gasteiger partial charge in [0.05, 0.1) is 29.1 Å². The van der Waals surface area contributed by atoms with Crippen LogP contribution in [0.15, 0.2) is 78.9 Å². The first-order valence-electron chi connectivity index (χ1n) is 15.0. The van der Waals surface area contributed by atoms with E-state index in [0.717, 1.165) is 18.2 Å². The highest BCUT2D eigenvalue weighted by molar-refractivity contribution is 6.31. The summed E-state index contributed by atoms with van der Waals surface area (Å²) in [5.41, 5.74) is -5.19. The highest BCUT2D eigenvalue weighted by Crippen LogP contribution is 2.44. The molecule has 3 aromatic carbocycles. The van der Waals surface area contributed by atoms with Crippen molar-refractivity contribution in [2.75, 3.05) is 13.8 Å². The van der Waals surface area contributed by atoms with E-state index in [2.05, 4.69) is 15.1 Å². The summed E-state index contributed by atoms with van der Waals surface area (Å²) in [5.74, 6) is -1.29. The van der Waals surface area contributed by atoms with Crippen LogP contribution in [0.2, 0.25) is 5.02 Å². The minimum Gasteiger partial charge on any atom is -0.493 e. The normalized spacial score (nSPS) is 12.7. The molecule has 0 aliphatic heterocycles. The third kappa shape index (κ3) is 8.88. The number of aromatic nitrogens is 1. The van der Waals surface area contributed by atoms with Gasteiger partial charge in [0.1, 0.15) is 12.4 Å². The number of alkyl carbamates (subject to hydrolysis) is 1. The molecule has 0 radical (unpaired) electrons. The fourth-order valence-corrected chi connectivity index (χ4v) is 5.09. The van der Waals surface area contributed by atoms with Crippen molar-refractivity contribution in [2.45, 2.75) is 50.6 Å². The van der Waals surface area contributed by atoms with Gasteiger partial charge >= 0.3 is 19.0 Å². The van der Waals surface area contributed by atoms with Crippen LogP contribution in [-0.2, 0) is 22.5 Å². The molecule has 0 bridgehead atoms. The van der Waals surface area contributed by atoms with Crippen LogP contribution in [0, 0.1) is 12.4 Å². The van der Waals surface area contributed by atoms with Crippen LogP contribution in [0.4, 0.5) is 22.4 Å². The van der Waals surface area contributed by atoms with Crippen molar-refractivity contribution < 1.29 is 46.5 Å². The second-order valence-corrected chi connectivity index (χ2v) is 12.1. The van der Waals surface area contributed by atoms with E-state index in [-0.39, 0.29) is 52.2 Å². The topological polar surface area (TPSA) is 111 Å². The van der Waals surface area contributed by atoms with E-state index < -0.39 is 53.5 Å². The summed E-state index contributed by atoms with van der Waals surface area (Å²) < 4.78 is 74.3. The lowest BCUT2D eigenvalue weighted by Gasteiger charge is -2.33. The van der Waals surface area contributed by atoms with Gasteiger partial charge in [0.25, 0.3) is 0 Å².